The normalized spacial score (nSPS) is 17.4. The summed E-state index contributed by atoms with van der Waals surface area (Å²) >= 11 is 0. The van der Waals surface area contributed by atoms with Gasteiger partial charge in [-0.3, -0.25) is 0 Å². The van der Waals surface area contributed by atoms with Crippen LogP contribution in [0.3, 0.4) is 0 Å². The molecule has 87 heavy (non-hydrogen) atoms. The lowest BCUT2D eigenvalue weighted by molar-refractivity contribution is 0.284. The average Bonchev–Trinajstić information content (AvgIpc) is 1.67. The van der Waals surface area contributed by atoms with E-state index in [1.165, 1.54) is 143 Å². The zero-order chi connectivity index (χ0) is 59.2. The van der Waals surface area contributed by atoms with E-state index in [1.54, 1.807) is 5.57 Å². The minimum absolute atomic E-state index is 0.00910. The Bertz CT molecular complexity index is 4500. The second-order valence-electron chi connectivity index (χ2n) is 27.6. The molecule has 0 aliphatic heterocycles. The molecule has 0 radical (unpaired) electrons. The van der Waals surface area contributed by atoms with Gasteiger partial charge in [0.25, 0.3) is 0 Å². The molecule has 0 heterocycles. The van der Waals surface area contributed by atoms with E-state index >= 15 is 0 Å². The maximum Gasteiger partial charge on any atom is 0.0540 e. The van der Waals surface area contributed by atoms with Crippen LogP contribution in [0.2, 0.25) is 0 Å². The summed E-state index contributed by atoms with van der Waals surface area (Å²) in [6.07, 6.45) is 9.55. The Hall–Kier alpha value is -9.04. The number of aryl methyl sites for hydroxylation is 2. The summed E-state index contributed by atoms with van der Waals surface area (Å²) in [4.78, 5) is 2.52. The number of para-hydroxylation sites is 1. The highest BCUT2D eigenvalue weighted by Gasteiger charge is 2.50. The van der Waals surface area contributed by atoms with Crippen molar-refractivity contribution in [3.8, 4) is 89.0 Å². The van der Waals surface area contributed by atoms with E-state index in [-0.39, 0.29) is 16.2 Å². The third kappa shape index (κ3) is 9.63. The van der Waals surface area contributed by atoms with Crippen molar-refractivity contribution in [1.29, 1.82) is 0 Å². The fourth-order valence-corrected chi connectivity index (χ4v) is 15.7. The van der Waals surface area contributed by atoms with Gasteiger partial charge in [-0.2, -0.15) is 0 Å². The van der Waals surface area contributed by atoms with Crippen LogP contribution < -0.4 is 4.90 Å². The van der Waals surface area contributed by atoms with Gasteiger partial charge in [0.15, 0.2) is 0 Å². The summed E-state index contributed by atoms with van der Waals surface area (Å²) in [5.41, 5.74) is 33.6. The highest BCUT2D eigenvalue weighted by Crippen LogP contribution is 2.62. The molecule has 4 aliphatic carbocycles. The Morgan fingerprint density at radius 3 is 1.62 bits per heavy atom. The van der Waals surface area contributed by atoms with Crippen LogP contribution in [0.1, 0.15) is 108 Å². The van der Waals surface area contributed by atoms with Crippen LogP contribution in [0.25, 0.3) is 89.0 Å². The van der Waals surface area contributed by atoms with Crippen LogP contribution in [-0.4, -0.2) is 0 Å². The van der Waals surface area contributed by atoms with Gasteiger partial charge in [-0.05, 0) is 214 Å². The van der Waals surface area contributed by atoms with Gasteiger partial charge in [0.2, 0.25) is 0 Å². The lowest BCUT2D eigenvalue weighted by Crippen LogP contribution is -2.36. The first-order valence-corrected chi connectivity index (χ1v) is 32.0. The first-order valence-electron chi connectivity index (χ1n) is 32.0. The number of anilines is 3. The monoisotopic (exact) mass is 1120 g/mol. The van der Waals surface area contributed by atoms with Crippen LogP contribution in [0.4, 0.5) is 17.1 Å². The highest BCUT2D eigenvalue weighted by molar-refractivity contribution is 5.98. The van der Waals surface area contributed by atoms with Crippen molar-refractivity contribution in [2.45, 2.75) is 103 Å². The van der Waals surface area contributed by atoms with E-state index in [9.17, 15) is 0 Å². The number of hydrogen-bond donors (Lipinski definition) is 0. The van der Waals surface area contributed by atoms with E-state index in [1.807, 2.05) is 0 Å². The fourth-order valence-electron chi connectivity index (χ4n) is 15.7. The minimum Gasteiger partial charge on any atom is -0.310 e. The van der Waals surface area contributed by atoms with Gasteiger partial charge in [-0.15, -0.1) is 0 Å². The van der Waals surface area contributed by atoms with Crippen molar-refractivity contribution in [2.75, 3.05) is 4.90 Å². The third-order valence-corrected chi connectivity index (χ3v) is 20.1. The summed E-state index contributed by atoms with van der Waals surface area (Å²) in [7, 11) is 0. The third-order valence-electron chi connectivity index (χ3n) is 20.1. The van der Waals surface area contributed by atoms with Gasteiger partial charge in [-0.25, -0.2) is 0 Å². The molecule has 1 nitrogen and oxygen atoms in total. The standard InChI is InChI=1S/C86H77N/c1-56-48-57-46-47-86(68(49-56)50-57)80-31-15-13-29-78(80)83-74(30-19-32-81(83)86)60-36-34-59(35-37-60)62-23-18-25-69(54-62)87(82-33-16-14-26-73(82)63-24-17-22-61(51-63)58-20-9-8-10-21-58)70-42-45-77-76-28-12-11-27-75(76)71-43-40-66(84(2,3)4)52-64(71)38-39-65-53-67(85(5,6)7)41-44-72(65)79(77)55-70/h8-37,40-45,49,51-57H,38-39,46-48,50H2,1-7H3. The molecular formula is C86H77N. The van der Waals surface area contributed by atoms with Crippen LogP contribution in [0.5, 0.6) is 0 Å². The van der Waals surface area contributed by atoms with Gasteiger partial charge in [0.1, 0.15) is 0 Å². The molecule has 11 aromatic rings. The number of rotatable bonds is 7. The fraction of sp³-hybridized carbons (Fsp3) is 0.209. The average molecular weight is 1120 g/mol. The molecular weight excluding hydrogens is 1050 g/mol. The topological polar surface area (TPSA) is 3.24 Å². The van der Waals surface area contributed by atoms with Crippen molar-refractivity contribution in [3.05, 3.63) is 294 Å². The van der Waals surface area contributed by atoms with Crippen molar-refractivity contribution in [3.63, 3.8) is 0 Å². The van der Waals surface area contributed by atoms with Crippen molar-refractivity contribution < 1.29 is 0 Å². The molecule has 4 aliphatic rings. The first-order chi connectivity index (χ1) is 42.3. The predicted octanol–water partition coefficient (Wildman–Crippen LogP) is 23.6. The smallest absolute Gasteiger partial charge is 0.0540 e. The Morgan fingerprint density at radius 1 is 0.379 bits per heavy atom. The Morgan fingerprint density at radius 2 is 0.897 bits per heavy atom. The number of hydrogen-bond acceptors (Lipinski definition) is 1. The van der Waals surface area contributed by atoms with Crippen molar-refractivity contribution in [2.24, 2.45) is 11.8 Å². The summed E-state index contributed by atoms with van der Waals surface area (Å²) in [6, 6.07) is 95.1. The van der Waals surface area contributed by atoms with Crippen molar-refractivity contribution in [1.82, 2.24) is 0 Å². The summed E-state index contributed by atoms with van der Waals surface area (Å²) < 4.78 is 0. The molecule has 11 aromatic carbocycles. The largest absolute Gasteiger partial charge is 0.310 e. The molecule has 2 bridgehead atoms. The van der Waals surface area contributed by atoms with E-state index in [2.05, 4.69) is 308 Å². The van der Waals surface area contributed by atoms with E-state index in [0.29, 0.717) is 5.92 Å². The Balaban J connectivity index is 0.891. The number of fused-ring (bicyclic) bond motifs is 15. The van der Waals surface area contributed by atoms with Crippen molar-refractivity contribution >= 4 is 17.1 Å². The summed E-state index contributed by atoms with van der Waals surface area (Å²) in [5.74, 6) is 1.43. The molecule has 426 valence electrons. The Kier molecular flexibility index (Phi) is 13.4. The number of allylic oxidation sites excluding steroid dienone is 2. The van der Waals surface area contributed by atoms with E-state index in [0.717, 1.165) is 41.4 Å². The van der Waals surface area contributed by atoms with Crippen LogP contribution in [0.15, 0.2) is 260 Å². The minimum atomic E-state index is -0.0371. The SMILES string of the molecule is CC1C=C2CC(CCC23c2ccccc2-c2c(-c4ccc(-c5cccc(N(c6ccc7c(c6)-c6ccc(C(C)(C)C)cc6CCc6cc(C(C)(C)C)ccc6-c6ccccc6-7)c6ccccc6-c6cccc(-c7ccccc7)c6)c5)cc4)cccc23)C1. The quantitative estimate of drug-likeness (QED) is 0.144. The van der Waals surface area contributed by atoms with Crippen LogP contribution in [0, 0.1) is 11.8 Å². The van der Waals surface area contributed by atoms with Crippen LogP contribution >= 0.6 is 0 Å². The molecule has 0 aromatic heterocycles. The molecule has 1 saturated carbocycles. The predicted molar refractivity (Wildman–Crippen MR) is 369 cm³/mol. The zero-order valence-electron chi connectivity index (χ0n) is 51.6. The highest BCUT2D eigenvalue weighted by atomic mass is 15.1. The van der Waals surface area contributed by atoms with Gasteiger partial charge in [-0.1, -0.05) is 272 Å². The van der Waals surface area contributed by atoms with Gasteiger partial charge in [0, 0.05) is 22.4 Å². The molecule has 3 unspecified atom stereocenters. The first kappa shape index (κ1) is 54.6. The lowest BCUT2D eigenvalue weighted by atomic mass is 9.58. The molecule has 0 N–H and O–H groups in total. The lowest BCUT2D eigenvalue weighted by Gasteiger charge is -2.45. The molecule has 1 spiro atoms. The molecule has 1 fully saturated rings. The summed E-state index contributed by atoms with van der Waals surface area (Å²) in [5, 5.41) is 0. The van der Waals surface area contributed by atoms with E-state index < -0.39 is 0 Å². The summed E-state index contributed by atoms with van der Waals surface area (Å²) in [6.45, 7) is 16.5. The maximum absolute atomic E-state index is 2.65. The van der Waals surface area contributed by atoms with E-state index in [4.69, 9.17) is 0 Å². The van der Waals surface area contributed by atoms with Crippen LogP contribution in [-0.2, 0) is 29.1 Å². The van der Waals surface area contributed by atoms with Gasteiger partial charge in [0.05, 0.1) is 5.69 Å². The van der Waals surface area contributed by atoms with Gasteiger partial charge >= 0.3 is 0 Å². The number of nitrogens with zero attached hydrogens (tertiary/aromatic N) is 1. The molecule has 15 rings (SSSR count). The number of benzene rings is 11. The Labute approximate surface area is 516 Å². The second-order valence-corrected chi connectivity index (χ2v) is 27.6. The second kappa shape index (κ2) is 21.4. The molecule has 1 heteroatoms. The maximum atomic E-state index is 2.65. The molecule has 0 amide bonds. The molecule has 0 saturated heterocycles. The van der Waals surface area contributed by atoms with Gasteiger partial charge < -0.3 is 4.90 Å². The zero-order valence-corrected chi connectivity index (χ0v) is 51.6. The molecule has 3 atom stereocenters.